The van der Waals surface area contributed by atoms with E-state index in [-0.39, 0.29) is 18.4 Å². The van der Waals surface area contributed by atoms with Gasteiger partial charge in [0.05, 0.1) is 5.69 Å². The highest BCUT2D eigenvalue weighted by Crippen LogP contribution is 2.28. The molecule has 6 nitrogen and oxygen atoms in total. The third-order valence-electron chi connectivity index (χ3n) is 5.70. The monoisotopic (exact) mass is 496 g/mol. The molecule has 0 spiro atoms. The summed E-state index contributed by atoms with van der Waals surface area (Å²) in [6, 6.07) is 22.6. The zero-order valence-corrected chi connectivity index (χ0v) is 19.1. The van der Waals surface area contributed by atoms with Crippen molar-refractivity contribution in [3.63, 3.8) is 0 Å². The maximum Gasteiger partial charge on any atom is 0.573 e. The number of ether oxygens (including phenoxy) is 3. The molecule has 1 N–H and O–H groups in total. The Balaban J connectivity index is 1.40. The average molecular weight is 496 g/mol. The predicted octanol–water partition coefficient (Wildman–Crippen LogP) is 6.42. The lowest BCUT2D eigenvalue weighted by molar-refractivity contribution is -0.274. The van der Waals surface area contributed by atoms with Gasteiger partial charge in [0.1, 0.15) is 23.9 Å². The number of alkyl halides is 3. The van der Waals surface area contributed by atoms with Gasteiger partial charge >= 0.3 is 12.5 Å². The average Bonchev–Trinajstić information content (AvgIpc) is 3.59. The van der Waals surface area contributed by atoms with Gasteiger partial charge in [0.15, 0.2) is 0 Å². The molecule has 5 rings (SSSR count). The van der Waals surface area contributed by atoms with Crippen LogP contribution < -0.4 is 19.5 Å². The lowest BCUT2D eigenvalue weighted by atomic mass is 10.2. The van der Waals surface area contributed by atoms with Gasteiger partial charge in [-0.2, -0.15) is 0 Å². The van der Waals surface area contributed by atoms with Crippen LogP contribution in [0.2, 0.25) is 0 Å². The maximum atomic E-state index is 12.5. The number of aromatic nitrogens is 1. The van der Waals surface area contributed by atoms with E-state index in [0.717, 1.165) is 35.0 Å². The van der Waals surface area contributed by atoms with Crippen molar-refractivity contribution in [2.45, 2.75) is 38.4 Å². The standard InChI is InChI=1S/C27H23F3N2O4/c28-27(29,30)36-23-10-6-18(7-11-23)16-32-21(17-34-22-4-2-1-3-5-22)14-19-15-24(12-13-25(19)32)35-26(33)31-20-8-9-20/h1-7,10-15,20H,8-9,16-17H2,(H,31,33). The quantitative estimate of drug-likeness (QED) is 0.306. The Labute approximate surface area is 205 Å². The first kappa shape index (κ1) is 23.6. The highest BCUT2D eigenvalue weighted by Gasteiger charge is 2.31. The first-order valence-electron chi connectivity index (χ1n) is 11.5. The molecule has 0 saturated heterocycles. The number of fused-ring (bicyclic) bond motifs is 1. The van der Waals surface area contributed by atoms with E-state index in [2.05, 4.69) is 10.1 Å². The maximum absolute atomic E-state index is 12.5. The normalized spacial score (nSPS) is 13.4. The molecular formula is C27H23F3N2O4. The lowest BCUT2D eigenvalue weighted by Crippen LogP contribution is -2.28. The van der Waals surface area contributed by atoms with Gasteiger partial charge in [-0.05, 0) is 66.9 Å². The van der Waals surface area contributed by atoms with Crippen molar-refractivity contribution in [2.24, 2.45) is 0 Å². The number of rotatable bonds is 8. The molecule has 0 radical (unpaired) electrons. The Bertz CT molecular complexity index is 1350. The summed E-state index contributed by atoms with van der Waals surface area (Å²) < 4.78 is 54.9. The fourth-order valence-corrected chi connectivity index (χ4v) is 3.86. The molecule has 1 aliphatic carbocycles. The summed E-state index contributed by atoms with van der Waals surface area (Å²) in [6.07, 6.45) is -3.30. The second kappa shape index (κ2) is 9.85. The minimum atomic E-state index is -4.74. The van der Waals surface area contributed by atoms with Crippen molar-refractivity contribution in [1.82, 2.24) is 9.88 Å². The SMILES string of the molecule is O=C(NC1CC1)Oc1ccc2c(c1)cc(COc1ccccc1)n2Cc1ccc(OC(F)(F)F)cc1. The van der Waals surface area contributed by atoms with E-state index in [1.807, 2.05) is 47.0 Å². The number of hydrogen-bond acceptors (Lipinski definition) is 4. The molecule has 1 aromatic heterocycles. The van der Waals surface area contributed by atoms with Gasteiger partial charge in [-0.1, -0.05) is 30.3 Å². The second-order valence-electron chi connectivity index (χ2n) is 8.54. The van der Waals surface area contributed by atoms with E-state index in [9.17, 15) is 18.0 Å². The molecule has 4 aromatic rings. The van der Waals surface area contributed by atoms with E-state index < -0.39 is 12.5 Å². The van der Waals surface area contributed by atoms with Gasteiger partial charge < -0.3 is 24.1 Å². The summed E-state index contributed by atoms with van der Waals surface area (Å²) in [7, 11) is 0. The molecule has 0 unspecified atom stereocenters. The molecule has 1 amide bonds. The number of carbonyl (C=O) groups excluding carboxylic acids is 1. The van der Waals surface area contributed by atoms with Gasteiger partial charge in [0, 0.05) is 23.5 Å². The van der Waals surface area contributed by atoms with Crippen LogP contribution in [-0.4, -0.2) is 23.1 Å². The Hall–Kier alpha value is -4.14. The Morgan fingerprint density at radius 3 is 2.33 bits per heavy atom. The summed E-state index contributed by atoms with van der Waals surface area (Å²) in [5, 5.41) is 3.63. The second-order valence-corrected chi connectivity index (χ2v) is 8.54. The molecular weight excluding hydrogens is 473 g/mol. The number of nitrogens with zero attached hydrogens (tertiary/aromatic N) is 1. The summed E-state index contributed by atoms with van der Waals surface area (Å²) >= 11 is 0. The third kappa shape index (κ3) is 6.10. The molecule has 0 aliphatic heterocycles. The van der Waals surface area contributed by atoms with Gasteiger partial charge in [0.2, 0.25) is 0 Å². The molecule has 3 aromatic carbocycles. The van der Waals surface area contributed by atoms with Crippen molar-refractivity contribution in [3.05, 3.63) is 90.1 Å². The number of nitrogens with one attached hydrogen (secondary N) is 1. The van der Waals surface area contributed by atoms with E-state index in [1.54, 1.807) is 24.3 Å². The summed E-state index contributed by atoms with van der Waals surface area (Å²) in [5.74, 6) is 0.855. The van der Waals surface area contributed by atoms with E-state index in [0.29, 0.717) is 18.0 Å². The van der Waals surface area contributed by atoms with Gasteiger partial charge in [-0.15, -0.1) is 13.2 Å². The van der Waals surface area contributed by atoms with Crippen LogP contribution in [0.3, 0.4) is 0 Å². The highest BCUT2D eigenvalue weighted by atomic mass is 19.4. The molecule has 0 bridgehead atoms. The van der Waals surface area contributed by atoms with Crippen molar-refractivity contribution in [3.8, 4) is 17.2 Å². The van der Waals surface area contributed by atoms with Gasteiger partial charge in [-0.25, -0.2) is 4.79 Å². The Morgan fingerprint density at radius 2 is 1.64 bits per heavy atom. The molecule has 1 saturated carbocycles. The number of amides is 1. The van der Waals surface area contributed by atoms with Crippen LogP contribution in [0, 0.1) is 0 Å². The summed E-state index contributed by atoms with van der Waals surface area (Å²) in [5.41, 5.74) is 2.50. The summed E-state index contributed by atoms with van der Waals surface area (Å²) in [6.45, 7) is 0.665. The Kier molecular flexibility index (Phi) is 6.45. The topological polar surface area (TPSA) is 61.7 Å². The van der Waals surface area contributed by atoms with Crippen LogP contribution in [0.25, 0.3) is 10.9 Å². The van der Waals surface area contributed by atoms with Crippen molar-refractivity contribution in [2.75, 3.05) is 0 Å². The van der Waals surface area contributed by atoms with Gasteiger partial charge in [-0.3, -0.25) is 0 Å². The van der Waals surface area contributed by atoms with Crippen LogP contribution in [0.5, 0.6) is 17.2 Å². The molecule has 1 aliphatic rings. The zero-order valence-electron chi connectivity index (χ0n) is 19.1. The van der Waals surface area contributed by atoms with Crippen LogP contribution >= 0.6 is 0 Å². The Morgan fingerprint density at radius 1 is 0.917 bits per heavy atom. The predicted molar refractivity (Wildman–Crippen MR) is 127 cm³/mol. The van der Waals surface area contributed by atoms with Crippen LogP contribution in [0.15, 0.2) is 78.9 Å². The molecule has 36 heavy (non-hydrogen) atoms. The van der Waals surface area contributed by atoms with E-state index in [4.69, 9.17) is 9.47 Å². The smallest absolute Gasteiger partial charge is 0.487 e. The van der Waals surface area contributed by atoms with Crippen LogP contribution in [0.1, 0.15) is 24.1 Å². The fraction of sp³-hybridized carbons (Fsp3) is 0.222. The van der Waals surface area contributed by atoms with E-state index in [1.165, 1.54) is 12.1 Å². The first-order valence-corrected chi connectivity index (χ1v) is 11.5. The highest BCUT2D eigenvalue weighted by molar-refractivity contribution is 5.84. The molecule has 1 fully saturated rings. The number of carbonyl (C=O) groups is 1. The molecule has 0 atom stereocenters. The van der Waals surface area contributed by atoms with Crippen LogP contribution in [0.4, 0.5) is 18.0 Å². The lowest BCUT2D eigenvalue weighted by Gasteiger charge is -2.13. The van der Waals surface area contributed by atoms with Crippen LogP contribution in [-0.2, 0) is 13.2 Å². The largest absolute Gasteiger partial charge is 0.573 e. The number of halogens is 3. The fourth-order valence-electron chi connectivity index (χ4n) is 3.86. The van der Waals surface area contributed by atoms with E-state index >= 15 is 0 Å². The summed E-state index contributed by atoms with van der Waals surface area (Å²) in [4.78, 5) is 12.0. The van der Waals surface area contributed by atoms with Crippen molar-refractivity contribution >= 4 is 17.0 Å². The molecule has 9 heteroatoms. The molecule has 1 heterocycles. The first-order chi connectivity index (χ1) is 17.3. The number of para-hydroxylation sites is 1. The third-order valence-corrected chi connectivity index (χ3v) is 5.70. The minimum absolute atomic E-state index is 0.192. The van der Waals surface area contributed by atoms with Crippen molar-refractivity contribution in [1.29, 1.82) is 0 Å². The number of hydrogen-bond donors (Lipinski definition) is 1. The minimum Gasteiger partial charge on any atom is -0.487 e. The zero-order chi connectivity index (χ0) is 25.1. The van der Waals surface area contributed by atoms with Crippen molar-refractivity contribution < 1.29 is 32.2 Å². The number of benzene rings is 3. The molecule has 186 valence electrons. The van der Waals surface area contributed by atoms with Gasteiger partial charge in [0.25, 0.3) is 0 Å².